The van der Waals surface area contributed by atoms with Gasteiger partial charge in [0, 0.05) is 11.1 Å². The van der Waals surface area contributed by atoms with Crippen LogP contribution in [0.2, 0.25) is 0 Å². The van der Waals surface area contributed by atoms with Gasteiger partial charge in [-0.3, -0.25) is 0 Å². The van der Waals surface area contributed by atoms with Crippen LogP contribution in [0.25, 0.3) is 10.8 Å². The summed E-state index contributed by atoms with van der Waals surface area (Å²) >= 11 is 0. The molecule has 0 aliphatic heterocycles. The van der Waals surface area contributed by atoms with Crippen LogP contribution >= 0.6 is 0 Å². The normalized spacial score (nSPS) is 10.6. The Morgan fingerprint density at radius 3 is 2.40 bits per heavy atom. The summed E-state index contributed by atoms with van der Waals surface area (Å²) in [5.74, 6) is 0. The summed E-state index contributed by atoms with van der Waals surface area (Å²) in [5, 5.41) is 7.98. The predicted molar refractivity (Wildman–Crippen MR) is 106 cm³/mol. The van der Waals surface area contributed by atoms with Gasteiger partial charge < -0.3 is 10.6 Å². The van der Waals surface area contributed by atoms with E-state index < -0.39 is 0 Å². The van der Waals surface area contributed by atoms with Gasteiger partial charge in [0.2, 0.25) is 0 Å². The van der Waals surface area contributed by atoms with Gasteiger partial charge in [0.1, 0.15) is 0 Å². The lowest BCUT2D eigenvalue weighted by Gasteiger charge is -2.10. The average Bonchev–Trinajstić information content (AvgIpc) is 2.64. The number of urea groups is 1. The van der Waals surface area contributed by atoms with Gasteiger partial charge in [0.15, 0.2) is 0 Å². The third-order valence-corrected chi connectivity index (χ3v) is 4.32. The summed E-state index contributed by atoms with van der Waals surface area (Å²) in [6, 6.07) is 21.8. The van der Waals surface area contributed by atoms with Crippen LogP contribution < -0.4 is 10.6 Å². The molecule has 3 heteroatoms. The Bertz CT molecular complexity index is 835. The lowest BCUT2D eigenvalue weighted by atomic mass is 10.1. The van der Waals surface area contributed by atoms with Crippen LogP contribution in [0, 0.1) is 0 Å². The molecule has 0 unspecified atom stereocenters. The highest BCUT2D eigenvalue weighted by Gasteiger charge is 2.06. The fourth-order valence-electron chi connectivity index (χ4n) is 2.95. The van der Waals surface area contributed by atoms with Crippen LogP contribution in [0.4, 0.5) is 16.2 Å². The summed E-state index contributed by atoms with van der Waals surface area (Å²) < 4.78 is 0. The van der Waals surface area contributed by atoms with E-state index in [1.54, 1.807) is 0 Å². The molecule has 0 heterocycles. The predicted octanol–water partition coefficient (Wildman–Crippen LogP) is 6.22. The maximum atomic E-state index is 12.3. The minimum atomic E-state index is -0.227. The van der Waals surface area contributed by atoms with Crippen molar-refractivity contribution in [1.29, 1.82) is 0 Å². The zero-order valence-electron chi connectivity index (χ0n) is 14.6. The van der Waals surface area contributed by atoms with Crippen molar-refractivity contribution in [3.8, 4) is 0 Å². The second-order valence-corrected chi connectivity index (χ2v) is 6.26. The van der Waals surface area contributed by atoms with Gasteiger partial charge in [-0.25, -0.2) is 4.79 Å². The van der Waals surface area contributed by atoms with Gasteiger partial charge in [0.25, 0.3) is 0 Å². The van der Waals surface area contributed by atoms with Gasteiger partial charge >= 0.3 is 6.03 Å². The number of unbranched alkanes of at least 4 members (excludes halogenated alkanes) is 2. The number of rotatable bonds is 6. The lowest BCUT2D eigenvalue weighted by molar-refractivity contribution is 0.262. The van der Waals surface area contributed by atoms with Crippen LogP contribution in [0.3, 0.4) is 0 Å². The largest absolute Gasteiger partial charge is 0.323 e. The van der Waals surface area contributed by atoms with E-state index >= 15 is 0 Å². The van der Waals surface area contributed by atoms with Gasteiger partial charge in [0.05, 0.1) is 5.69 Å². The number of fused-ring (bicyclic) bond motifs is 1. The van der Waals surface area contributed by atoms with Crippen molar-refractivity contribution < 1.29 is 4.79 Å². The van der Waals surface area contributed by atoms with Crippen molar-refractivity contribution in [2.24, 2.45) is 0 Å². The van der Waals surface area contributed by atoms with Crippen molar-refractivity contribution in [1.82, 2.24) is 0 Å². The van der Waals surface area contributed by atoms with E-state index in [9.17, 15) is 4.79 Å². The number of carbonyl (C=O) groups is 1. The number of anilines is 2. The molecule has 0 aliphatic rings. The second-order valence-electron chi connectivity index (χ2n) is 6.26. The number of nitrogens with one attached hydrogen (secondary N) is 2. The standard InChI is InChI=1S/C22H24N2O/c1-2-3-4-8-17-13-15-19(16-14-17)23-22(25)24-21-12-7-10-18-9-5-6-11-20(18)21/h5-7,9-16H,2-4,8H2,1H3,(H2,23,24,25). The third-order valence-electron chi connectivity index (χ3n) is 4.32. The number of benzene rings is 3. The molecule has 0 bridgehead atoms. The van der Waals surface area contributed by atoms with Crippen molar-refractivity contribution in [3.63, 3.8) is 0 Å². The van der Waals surface area contributed by atoms with E-state index in [-0.39, 0.29) is 6.03 Å². The molecule has 0 spiro atoms. The fourth-order valence-corrected chi connectivity index (χ4v) is 2.95. The molecule has 0 aromatic heterocycles. The minimum absolute atomic E-state index is 0.227. The zero-order valence-corrected chi connectivity index (χ0v) is 14.6. The molecule has 25 heavy (non-hydrogen) atoms. The highest BCUT2D eigenvalue weighted by molar-refractivity contribution is 6.06. The molecule has 3 rings (SSSR count). The molecule has 0 saturated carbocycles. The monoisotopic (exact) mass is 332 g/mol. The quantitative estimate of drug-likeness (QED) is 0.517. The second kappa shape index (κ2) is 8.34. The first-order valence-corrected chi connectivity index (χ1v) is 8.91. The van der Waals surface area contributed by atoms with E-state index in [2.05, 4.69) is 29.7 Å². The first kappa shape index (κ1) is 17.0. The Morgan fingerprint density at radius 2 is 1.60 bits per heavy atom. The van der Waals surface area contributed by atoms with Gasteiger partial charge in [-0.15, -0.1) is 0 Å². The molecule has 3 aromatic rings. The van der Waals surface area contributed by atoms with Crippen LogP contribution in [0.5, 0.6) is 0 Å². The number of hydrogen-bond donors (Lipinski definition) is 2. The highest BCUT2D eigenvalue weighted by Crippen LogP contribution is 2.23. The van der Waals surface area contributed by atoms with E-state index in [0.29, 0.717) is 0 Å². The number of amides is 2. The summed E-state index contributed by atoms with van der Waals surface area (Å²) in [6.07, 6.45) is 4.79. The summed E-state index contributed by atoms with van der Waals surface area (Å²) in [5.41, 5.74) is 2.93. The lowest BCUT2D eigenvalue weighted by Crippen LogP contribution is -2.19. The molecular weight excluding hydrogens is 308 g/mol. The molecule has 0 fully saturated rings. The van der Waals surface area contributed by atoms with E-state index in [4.69, 9.17) is 0 Å². The van der Waals surface area contributed by atoms with Crippen LogP contribution in [0.15, 0.2) is 66.7 Å². The van der Waals surface area contributed by atoms with E-state index in [1.807, 2.05) is 54.6 Å². The Kier molecular flexibility index (Phi) is 5.68. The SMILES string of the molecule is CCCCCc1ccc(NC(=O)Nc2cccc3ccccc23)cc1. The Balaban J connectivity index is 1.62. The average molecular weight is 332 g/mol. The topological polar surface area (TPSA) is 41.1 Å². The summed E-state index contributed by atoms with van der Waals surface area (Å²) in [6.45, 7) is 2.21. The molecule has 0 saturated heterocycles. The van der Waals surface area contributed by atoms with Crippen molar-refractivity contribution >= 4 is 28.2 Å². The van der Waals surface area contributed by atoms with Gasteiger partial charge in [-0.2, -0.15) is 0 Å². The molecule has 0 aliphatic carbocycles. The van der Waals surface area contributed by atoms with Crippen LogP contribution in [-0.4, -0.2) is 6.03 Å². The smallest absolute Gasteiger partial charge is 0.308 e. The molecule has 0 atom stereocenters. The zero-order chi connectivity index (χ0) is 17.5. The van der Waals surface area contributed by atoms with E-state index in [0.717, 1.165) is 28.6 Å². The Hall–Kier alpha value is -2.81. The number of hydrogen-bond acceptors (Lipinski definition) is 1. The third kappa shape index (κ3) is 4.60. The summed E-state index contributed by atoms with van der Waals surface area (Å²) in [7, 11) is 0. The highest BCUT2D eigenvalue weighted by atomic mass is 16.2. The van der Waals surface area contributed by atoms with Crippen LogP contribution in [0.1, 0.15) is 31.7 Å². The molecule has 2 N–H and O–H groups in total. The first-order valence-electron chi connectivity index (χ1n) is 8.91. The summed E-state index contributed by atoms with van der Waals surface area (Å²) in [4.78, 5) is 12.3. The Morgan fingerprint density at radius 1 is 0.840 bits per heavy atom. The number of carbonyl (C=O) groups excluding carboxylic acids is 1. The maximum absolute atomic E-state index is 12.3. The molecule has 3 aromatic carbocycles. The molecule has 128 valence electrons. The van der Waals surface area contributed by atoms with Crippen molar-refractivity contribution in [2.45, 2.75) is 32.6 Å². The van der Waals surface area contributed by atoms with Crippen LogP contribution in [-0.2, 0) is 6.42 Å². The number of aryl methyl sites for hydroxylation is 1. The Labute approximate surface area is 149 Å². The maximum Gasteiger partial charge on any atom is 0.323 e. The molecular formula is C22H24N2O. The molecule has 3 nitrogen and oxygen atoms in total. The van der Waals surface area contributed by atoms with Crippen molar-refractivity contribution in [2.75, 3.05) is 10.6 Å². The van der Waals surface area contributed by atoms with Gasteiger partial charge in [-0.1, -0.05) is 68.3 Å². The fraction of sp³-hybridized carbons (Fsp3) is 0.227. The molecule has 2 amide bonds. The molecule has 0 radical (unpaired) electrons. The van der Waals surface area contributed by atoms with Crippen molar-refractivity contribution in [3.05, 3.63) is 72.3 Å². The minimum Gasteiger partial charge on any atom is -0.308 e. The van der Waals surface area contributed by atoms with Gasteiger partial charge in [-0.05, 0) is 42.0 Å². The first-order chi connectivity index (χ1) is 12.3. The van der Waals surface area contributed by atoms with E-state index in [1.165, 1.54) is 24.8 Å².